The van der Waals surface area contributed by atoms with Crippen LogP contribution in [-0.4, -0.2) is 39.1 Å². The molecule has 96 valence electrons. The number of halogens is 2. The third-order valence-corrected chi connectivity index (χ3v) is 3.75. The predicted octanol–water partition coefficient (Wildman–Crippen LogP) is 3.58. The lowest BCUT2D eigenvalue weighted by Crippen LogP contribution is -2.23. The lowest BCUT2D eigenvalue weighted by molar-refractivity contribution is 0.401. The molecule has 0 aliphatic rings. The molecule has 0 bridgehead atoms. The Labute approximate surface area is 118 Å². The van der Waals surface area contributed by atoms with Crippen molar-refractivity contribution in [2.45, 2.75) is 12.3 Å². The predicted molar refractivity (Wildman–Crippen MR) is 80.1 cm³/mol. The zero-order valence-corrected chi connectivity index (χ0v) is 13.1. The van der Waals surface area contributed by atoms with E-state index in [1.165, 1.54) is 12.1 Å². The van der Waals surface area contributed by atoms with Gasteiger partial charge in [0.25, 0.3) is 0 Å². The van der Waals surface area contributed by atoms with Crippen molar-refractivity contribution in [3.05, 3.63) is 28.2 Å². The summed E-state index contributed by atoms with van der Waals surface area (Å²) < 4.78 is 1.09. The summed E-state index contributed by atoms with van der Waals surface area (Å²) in [5.41, 5.74) is 2.36. The van der Waals surface area contributed by atoms with Crippen LogP contribution in [0.4, 0.5) is 5.69 Å². The van der Waals surface area contributed by atoms with Gasteiger partial charge in [0.2, 0.25) is 0 Å². The summed E-state index contributed by atoms with van der Waals surface area (Å²) in [7, 11) is 6.33. The van der Waals surface area contributed by atoms with Gasteiger partial charge < -0.3 is 9.80 Å². The SMILES string of the molecule is CN(C)CCCN(C)c1ccc(CCl)c(Br)c1. The second-order valence-corrected chi connectivity index (χ2v) is 5.61. The van der Waals surface area contributed by atoms with Crippen LogP contribution in [0.3, 0.4) is 0 Å². The van der Waals surface area contributed by atoms with Crippen LogP contribution in [0, 0.1) is 0 Å². The molecule has 0 fully saturated rings. The smallest absolute Gasteiger partial charge is 0.0485 e. The Morgan fingerprint density at radius 2 is 1.88 bits per heavy atom. The van der Waals surface area contributed by atoms with Crippen LogP contribution in [-0.2, 0) is 5.88 Å². The van der Waals surface area contributed by atoms with Gasteiger partial charge in [-0.2, -0.15) is 0 Å². The molecule has 0 radical (unpaired) electrons. The van der Waals surface area contributed by atoms with Crippen molar-refractivity contribution >= 4 is 33.2 Å². The Morgan fingerprint density at radius 3 is 2.41 bits per heavy atom. The summed E-state index contributed by atoms with van der Waals surface area (Å²) in [6.07, 6.45) is 1.17. The van der Waals surface area contributed by atoms with Gasteiger partial charge in [0.15, 0.2) is 0 Å². The summed E-state index contributed by atoms with van der Waals surface area (Å²) >= 11 is 9.38. The fourth-order valence-electron chi connectivity index (χ4n) is 1.64. The van der Waals surface area contributed by atoms with Gasteiger partial charge in [-0.3, -0.25) is 0 Å². The summed E-state index contributed by atoms with van der Waals surface area (Å²) in [6, 6.07) is 6.33. The fourth-order valence-corrected chi connectivity index (χ4v) is 2.54. The third-order valence-electron chi connectivity index (χ3n) is 2.72. The van der Waals surface area contributed by atoms with Crippen LogP contribution in [0.1, 0.15) is 12.0 Å². The first-order valence-corrected chi connectivity index (χ1v) is 7.07. The lowest BCUT2D eigenvalue weighted by atomic mass is 10.2. The Morgan fingerprint density at radius 1 is 1.18 bits per heavy atom. The highest BCUT2D eigenvalue weighted by molar-refractivity contribution is 9.10. The maximum atomic E-state index is 5.83. The molecule has 0 aromatic heterocycles. The molecule has 4 heteroatoms. The van der Waals surface area contributed by atoms with E-state index >= 15 is 0 Å². The van der Waals surface area contributed by atoms with Gasteiger partial charge in [0.05, 0.1) is 0 Å². The number of hydrogen-bond donors (Lipinski definition) is 0. The maximum absolute atomic E-state index is 5.83. The van der Waals surface area contributed by atoms with Crippen LogP contribution < -0.4 is 4.90 Å². The average molecular weight is 320 g/mol. The number of alkyl halides is 1. The van der Waals surface area contributed by atoms with E-state index in [9.17, 15) is 0 Å². The van der Waals surface area contributed by atoms with Gasteiger partial charge in [0, 0.05) is 29.6 Å². The van der Waals surface area contributed by atoms with E-state index in [4.69, 9.17) is 11.6 Å². The van der Waals surface area contributed by atoms with Gasteiger partial charge in [-0.25, -0.2) is 0 Å². The highest BCUT2D eigenvalue weighted by Crippen LogP contribution is 2.24. The van der Waals surface area contributed by atoms with Crippen LogP contribution in [0.2, 0.25) is 0 Å². The summed E-state index contributed by atoms with van der Waals surface area (Å²) in [5, 5.41) is 0. The van der Waals surface area contributed by atoms with Crippen molar-refractivity contribution in [1.29, 1.82) is 0 Å². The first-order valence-electron chi connectivity index (χ1n) is 5.75. The molecule has 1 rings (SSSR count). The minimum atomic E-state index is 0.547. The van der Waals surface area contributed by atoms with Crippen molar-refractivity contribution in [2.75, 3.05) is 39.1 Å². The second-order valence-electron chi connectivity index (χ2n) is 4.49. The quantitative estimate of drug-likeness (QED) is 0.740. The van der Waals surface area contributed by atoms with Crippen LogP contribution in [0.5, 0.6) is 0 Å². The Bertz CT molecular complexity index is 355. The average Bonchev–Trinajstić information content (AvgIpc) is 2.28. The summed E-state index contributed by atoms with van der Waals surface area (Å²) in [5.74, 6) is 0.547. The van der Waals surface area contributed by atoms with E-state index in [1.54, 1.807) is 0 Å². The van der Waals surface area contributed by atoms with E-state index in [0.29, 0.717) is 5.88 Å². The molecule has 1 aromatic rings. The minimum absolute atomic E-state index is 0.547. The van der Waals surface area contributed by atoms with E-state index in [0.717, 1.165) is 23.1 Å². The highest BCUT2D eigenvalue weighted by atomic mass is 79.9. The minimum Gasteiger partial charge on any atom is -0.375 e. The number of anilines is 1. The molecule has 0 saturated heterocycles. The van der Waals surface area contributed by atoms with E-state index in [2.05, 4.69) is 65.1 Å². The molecule has 0 aliphatic heterocycles. The zero-order valence-electron chi connectivity index (χ0n) is 10.7. The normalized spacial score (nSPS) is 10.9. The van der Waals surface area contributed by atoms with Crippen molar-refractivity contribution in [3.63, 3.8) is 0 Å². The second kappa shape index (κ2) is 7.24. The first kappa shape index (κ1) is 14.8. The standard InChI is InChI=1S/C13H20BrClN2/c1-16(2)7-4-8-17(3)12-6-5-11(10-15)13(14)9-12/h5-6,9H,4,7-8,10H2,1-3H3. The molecule has 0 aliphatic carbocycles. The molecular formula is C13H20BrClN2. The zero-order chi connectivity index (χ0) is 12.8. The topological polar surface area (TPSA) is 6.48 Å². The number of nitrogens with zero attached hydrogens (tertiary/aromatic N) is 2. The third kappa shape index (κ3) is 4.86. The highest BCUT2D eigenvalue weighted by Gasteiger charge is 2.04. The molecule has 2 nitrogen and oxygen atoms in total. The van der Waals surface area contributed by atoms with Crippen molar-refractivity contribution in [3.8, 4) is 0 Å². The molecule has 0 unspecified atom stereocenters. The fraction of sp³-hybridized carbons (Fsp3) is 0.538. The first-order chi connectivity index (χ1) is 8.04. The van der Waals surface area contributed by atoms with Gasteiger partial charge in [0.1, 0.15) is 0 Å². The molecule has 1 aromatic carbocycles. The van der Waals surface area contributed by atoms with Gasteiger partial charge >= 0.3 is 0 Å². The molecule has 0 spiro atoms. The Hall–Kier alpha value is -0.250. The summed E-state index contributed by atoms with van der Waals surface area (Å²) in [6.45, 7) is 2.18. The van der Waals surface area contributed by atoms with Crippen LogP contribution >= 0.6 is 27.5 Å². The number of rotatable bonds is 6. The van der Waals surface area contributed by atoms with Gasteiger partial charge in [-0.05, 0) is 44.8 Å². The molecule has 17 heavy (non-hydrogen) atoms. The molecule has 0 amide bonds. The van der Waals surface area contributed by atoms with Gasteiger partial charge in [-0.15, -0.1) is 11.6 Å². The molecule has 0 N–H and O–H groups in total. The molecule has 0 atom stereocenters. The van der Waals surface area contributed by atoms with Crippen LogP contribution in [0.15, 0.2) is 22.7 Å². The Kier molecular flexibility index (Phi) is 6.31. The monoisotopic (exact) mass is 318 g/mol. The largest absolute Gasteiger partial charge is 0.375 e. The van der Waals surface area contributed by atoms with E-state index < -0.39 is 0 Å². The van der Waals surface area contributed by atoms with Crippen molar-refractivity contribution < 1.29 is 0 Å². The van der Waals surface area contributed by atoms with Crippen LogP contribution in [0.25, 0.3) is 0 Å². The summed E-state index contributed by atoms with van der Waals surface area (Å²) in [4.78, 5) is 4.48. The van der Waals surface area contributed by atoms with Crippen molar-refractivity contribution in [1.82, 2.24) is 4.90 Å². The van der Waals surface area contributed by atoms with Gasteiger partial charge in [-0.1, -0.05) is 22.0 Å². The number of hydrogen-bond acceptors (Lipinski definition) is 2. The lowest BCUT2D eigenvalue weighted by Gasteiger charge is -2.21. The molecule has 0 heterocycles. The number of benzene rings is 1. The molecule has 0 saturated carbocycles. The Balaban J connectivity index is 2.57. The van der Waals surface area contributed by atoms with E-state index in [1.807, 2.05) is 0 Å². The van der Waals surface area contributed by atoms with Crippen molar-refractivity contribution in [2.24, 2.45) is 0 Å². The molecular weight excluding hydrogens is 300 g/mol. The maximum Gasteiger partial charge on any atom is 0.0485 e. The van der Waals surface area contributed by atoms with E-state index in [-0.39, 0.29) is 0 Å².